The zero-order valence-corrected chi connectivity index (χ0v) is 8.77. The number of benzene rings is 1. The maximum Gasteiger partial charge on any atom is 0.126 e. The number of halogens is 2. The third kappa shape index (κ3) is 3.69. The van der Waals surface area contributed by atoms with Crippen LogP contribution in [0.15, 0.2) is 18.2 Å². The lowest BCUT2D eigenvalue weighted by Gasteiger charge is -2.19. The Hall–Kier alpha value is -1.40. The molecule has 3 heteroatoms. The van der Waals surface area contributed by atoms with Crippen LogP contribution in [0.5, 0.6) is 0 Å². The molecular weight excluding hydrogens is 196 g/mol. The second-order valence-corrected chi connectivity index (χ2v) is 3.90. The quantitative estimate of drug-likeness (QED) is 0.754. The zero-order chi connectivity index (χ0) is 11.5. The van der Waals surface area contributed by atoms with Gasteiger partial charge in [0.05, 0.1) is 5.54 Å². The average molecular weight is 209 g/mol. The van der Waals surface area contributed by atoms with Gasteiger partial charge in [-0.3, -0.25) is 5.32 Å². The van der Waals surface area contributed by atoms with Crippen LogP contribution in [0.4, 0.5) is 8.78 Å². The SMILES string of the molecule is C#CC(C)(C)NCc1cc(F)cc(F)c1. The van der Waals surface area contributed by atoms with E-state index in [0.717, 1.165) is 6.07 Å². The molecule has 15 heavy (non-hydrogen) atoms. The molecule has 80 valence electrons. The molecule has 0 aromatic heterocycles. The molecule has 0 radical (unpaired) electrons. The summed E-state index contributed by atoms with van der Waals surface area (Å²) in [5.74, 6) is 1.39. The summed E-state index contributed by atoms with van der Waals surface area (Å²) in [7, 11) is 0. The van der Waals surface area contributed by atoms with Crippen molar-refractivity contribution >= 4 is 0 Å². The lowest BCUT2D eigenvalue weighted by molar-refractivity contribution is 0.487. The normalized spacial score (nSPS) is 11.1. The smallest absolute Gasteiger partial charge is 0.126 e. The molecule has 0 fully saturated rings. The number of hydrogen-bond donors (Lipinski definition) is 1. The van der Waals surface area contributed by atoms with Gasteiger partial charge < -0.3 is 0 Å². The summed E-state index contributed by atoms with van der Waals surface area (Å²) in [4.78, 5) is 0. The first-order chi connectivity index (χ1) is 6.93. The van der Waals surface area contributed by atoms with Gasteiger partial charge in [0.2, 0.25) is 0 Å². The van der Waals surface area contributed by atoms with Gasteiger partial charge in [-0.2, -0.15) is 0 Å². The highest BCUT2D eigenvalue weighted by Gasteiger charge is 2.12. The molecule has 0 aliphatic carbocycles. The van der Waals surface area contributed by atoms with Crippen molar-refractivity contribution in [2.24, 2.45) is 0 Å². The van der Waals surface area contributed by atoms with E-state index in [9.17, 15) is 8.78 Å². The maximum absolute atomic E-state index is 12.8. The highest BCUT2D eigenvalue weighted by Crippen LogP contribution is 2.09. The summed E-state index contributed by atoms with van der Waals surface area (Å²) in [5, 5.41) is 3.01. The molecule has 0 saturated heterocycles. The second kappa shape index (κ2) is 4.41. The topological polar surface area (TPSA) is 12.0 Å². The van der Waals surface area contributed by atoms with Gasteiger partial charge in [0.25, 0.3) is 0 Å². The first kappa shape index (κ1) is 11.7. The van der Waals surface area contributed by atoms with E-state index in [-0.39, 0.29) is 0 Å². The zero-order valence-electron chi connectivity index (χ0n) is 8.77. The van der Waals surface area contributed by atoms with Gasteiger partial charge in [0.15, 0.2) is 0 Å². The fourth-order valence-corrected chi connectivity index (χ4v) is 1.09. The fourth-order valence-electron chi connectivity index (χ4n) is 1.09. The van der Waals surface area contributed by atoms with Gasteiger partial charge in [0.1, 0.15) is 11.6 Å². The van der Waals surface area contributed by atoms with Crippen molar-refractivity contribution in [2.45, 2.75) is 25.9 Å². The van der Waals surface area contributed by atoms with E-state index < -0.39 is 17.2 Å². The predicted molar refractivity (Wildman–Crippen MR) is 56.1 cm³/mol. The Morgan fingerprint density at radius 2 is 1.80 bits per heavy atom. The van der Waals surface area contributed by atoms with Crippen LogP contribution in [-0.4, -0.2) is 5.54 Å². The number of terminal acetylenes is 1. The Labute approximate surface area is 88.5 Å². The molecule has 1 N–H and O–H groups in total. The summed E-state index contributed by atoms with van der Waals surface area (Å²) in [6, 6.07) is 3.40. The molecule has 0 atom stereocenters. The van der Waals surface area contributed by atoms with E-state index >= 15 is 0 Å². The van der Waals surface area contributed by atoms with Crippen LogP contribution in [0.2, 0.25) is 0 Å². The first-order valence-electron chi connectivity index (χ1n) is 4.61. The van der Waals surface area contributed by atoms with Gasteiger partial charge in [0, 0.05) is 12.6 Å². The van der Waals surface area contributed by atoms with E-state index in [4.69, 9.17) is 6.42 Å². The summed E-state index contributed by atoms with van der Waals surface area (Å²) >= 11 is 0. The Morgan fingerprint density at radius 3 is 2.27 bits per heavy atom. The van der Waals surface area contributed by atoms with Crippen LogP contribution in [-0.2, 0) is 6.54 Å². The van der Waals surface area contributed by atoms with Crippen molar-refractivity contribution in [1.29, 1.82) is 0 Å². The van der Waals surface area contributed by atoms with Crippen LogP contribution < -0.4 is 5.32 Å². The van der Waals surface area contributed by atoms with E-state index in [0.29, 0.717) is 12.1 Å². The van der Waals surface area contributed by atoms with Crippen molar-refractivity contribution in [3.05, 3.63) is 35.4 Å². The summed E-state index contributed by atoms with van der Waals surface area (Å²) in [5.41, 5.74) is 0.0545. The van der Waals surface area contributed by atoms with Crippen LogP contribution in [0.1, 0.15) is 19.4 Å². The lowest BCUT2D eigenvalue weighted by Crippen LogP contribution is -2.36. The molecule has 0 amide bonds. The maximum atomic E-state index is 12.8. The predicted octanol–water partition coefficient (Wildman–Crippen LogP) is 2.47. The Kier molecular flexibility index (Phi) is 3.43. The van der Waals surface area contributed by atoms with Gasteiger partial charge in [-0.1, -0.05) is 5.92 Å². The standard InChI is InChI=1S/C12H13F2N/c1-4-12(2,3)15-8-9-5-10(13)7-11(14)6-9/h1,5-7,15H,8H2,2-3H3. The van der Waals surface area contributed by atoms with Crippen molar-refractivity contribution in [1.82, 2.24) is 5.32 Å². The van der Waals surface area contributed by atoms with Crippen molar-refractivity contribution in [3.63, 3.8) is 0 Å². The average Bonchev–Trinajstić information content (AvgIpc) is 2.14. The minimum atomic E-state index is -0.578. The van der Waals surface area contributed by atoms with Crippen LogP contribution in [0.25, 0.3) is 0 Å². The molecule has 1 nitrogen and oxygen atoms in total. The number of rotatable bonds is 3. The van der Waals surface area contributed by atoms with Crippen LogP contribution in [0, 0.1) is 24.0 Å². The summed E-state index contributed by atoms with van der Waals surface area (Å²) in [6.07, 6.45) is 5.27. The molecule has 0 heterocycles. The van der Waals surface area contributed by atoms with Crippen LogP contribution in [0.3, 0.4) is 0 Å². The largest absolute Gasteiger partial charge is 0.298 e. The molecule has 0 aliphatic heterocycles. The van der Waals surface area contributed by atoms with E-state index in [1.54, 1.807) is 0 Å². The van der Waals surface area contributed by atoms with Crippen molar-refractivity contribution in [2.75, 3.05) is 0 Å². The molecule has 0 unspecified atom stereocenters. The highest BCUT2D eigenvalue weighted by atomic mass is 19.1. The molecular formula is C12H13F2N. The third-order valence-corrected chi connectivity index (χ3v) is 2.02. The summed E-state index contributed by atoms with van der Waals surface area (Å²) < 4.78 is 25.6. The third-order valence-electron chi connectivity index (χ3n) is 2.02. The molecule has 1 rings (SSSR count). The molecule has 0 spiro atoms. The van der Waals surface area contributed by atoms with Crippen LogP contribution >= 0.6 is 0 Å². The molecule has 0 bridgehead atoms. The highest BCUT2D eigenvalue weighted by molar-refractivity contribution is 5.19. The monoisotopic (exact) mass is 209 g/mol. The minimum Gasteiger partial charge on any atom is -0.298 e. The summed E-state index contributed by atoms with van der Waals surface area (Å²) in [6.45, 7) is 3.98. The Morgan fingerprint density at radius 1 is 1.27 bits per heavy atom. The molecule has 1 aromatic rings. The van der Waals surface area contributed by atoms with E-state index in [1.165, 1.54) is 12.1 Å². The lowest BCUT2D eigenvalue weighted by atomic mass is 10.1. The van der Waals surface area contributed by atoms with Crippen molar-refractivity contribution in [3.8, 4) is 12.3 Å². The number of nitrogens with one attached hydrogen (secondary N) is 1. The van der Waals surface area contributed by atoms with Crippen molar-refractivity contribution < 1.29 is 8.78 Å². The first-order valence-corrected chi connectivity index (χ1v) is 4.61. The van der Waals surface area contributed by atoms with Gasteiger partial charge in [-0.05, 0) is 31.5 Å². The van der Waals surface area contributed by atoms with Gasteiger partial charge in [-0.15, -0.1) is 6.42 Å². The fraction of sp³-hybridized carbons (Fsp3) is 0.333. The number of hydrogen-bond acceptors (Lipinski definition) is 1. The van der Waals surface area contributed by atoms with Gasteiger partial charge in [-0.25, -0.2) is 8.78 Å². The Balaban J connectivity index is 2.71. The second-order valence-electron chi connectivity index (χ2n) is 3.90. The Bertz CT molecular complexity index is 371. The molecule has 0 saturated carbocycles. The molecule has 1 aromatic carbocycles. The van der Waals surface area contributed by atoms with Gasteiger partial charge >= 0.3 is 0 Å². The van der Waals surface area contributed by atoms with E-state index in [2.05, 4.69) is 11.2 Å². The molecule has 0 aliphatic rings. The van der Waals surface area contributed by atoms with E-state index in [1.807, 2.05) is 13.8 Å². The minimum absolute atomic E-state index is 0.339.